The van der Waals surface area contributed by atoms with Crippen molar-refractivity contribution < 1.29 is 32.1 Å². The molecule has 0 saturated heterocycles. The molecule has 0 atom stereocenters. The maximum absolute atomic E-state index is 15.0. The van der Waals surface area contributed by atoms with Crippen LogP contribution >= 0.6 is 11.6 Å². The van der Waals surface area contributed by atoms with Crippen LogP contribution in [0, 0.1) is 11.7 Å². The number of hydrogen-bond donors (Lipinski definition) is 1. The summed E-state index contributed by atoms with van der Waals surface area (Å²) in [5.41, 5.74) is 8.82. The second kappa shape index (κ2) is 11.0. The van der Waals surface area contributed by atoms with Crippen molar-refractivity contribution in [1.82, 2.24) is 15.0 Å². The molecule has 0 radical (unpaired) electrons. The number of ether oxygens (including phenoxy) is 1. The number of nitrogens with zero attached hydrogens (tertiary/aromatic N) is 6. The monoisotopic (exact) mass is 646 g/mol. The minimum Gasteiger partial charge on any atom is -0.423 e. The Hall–Kier alpha value is -5.17. The molecule has 232 valence electrons. The predicted octanol–water partition coefficient (Wildman–Crippen LogP) is 5.73. The lowest BCUT2D eigenvalue weighted by Crippen LogP contribution is -2.50. The molecule has 2 amide bonds. The number of hydrogen-bond acceptors (Lipinski definition) is 7. The first-order valence-electron chi connectivity index (χ1n) is 14.3. The number of carbonyl (C=O) groups excluding carboxylic acids is 2. The normalized spacial score (nSPS) is 17.4. The van der Waals surface area contributed by atoms with Crippen molar-refractivity contribution >= 4 is 52.7 Å². The molecule has 1 saturated carbocycles. The lowest BCUT2D eigenvalue weighted by atomic mass is 9.93. The van der Waals surface area contributed by atoms with Crippen LogP contribution in [0.2, 0.25) is 5.02 Å². The lowest BCUT2D eigenvalue weighted by Gasteiger charge is -2.33. The number of nitrogens with two attached hydrogens (primary N) is 1. The van der Waals surface area contributed by atoms with E-state index in [9.17, 15) is 22.8 Å². The summed E-state index contributed by atoms with van der Waals surface area (Å²) in [6.45, 7) is 1.50. The van der Waals surface area contributed by atoms with E-state index in [1.807, 2.05) is 0 Å². The van der Waals surface area contributed by atoms with Crippen LogP contribution in [0.4, 0.5) is 30.4 Å². The fourth-order valence-corrected chi connectivity index (χ4v) is 5.67. The predicted molar refractivity (Wildman–Crippen MR) is 163 cm³/mol. The van der Waals surface area contributed by atoms with Gasteiger partial charge in [0.05, 0.1) is 40.4 Å². The topological polar surface area (TPSA) is 127 Å². The molecule has 46 heavy (non-hydrogen) atoms. The zero-order valence-corrected chi connectivity index (χ0v) is 24.9. The maximum Gasteiger partial charge on any atom is 0.482 e. The minimum absolute atomic E-state index is 0.0812. The highest BCUT2D eigenvalue weighted by Gasteiger charge is 2.51. The highest BCUT2D eigenvalue weighted by molar-refractivity contribution is 6.30. The molecule has 0 unspecified atom stereocenters. The number of carbonyl (C=O) groups is 2. The summed E-state index contributed by atoms with van der Waals surface area (Å²) in [6, 6.07) is 10.3. The van der Waals surface area contributed by atoms with Crippen molar-refractivity contribution in [2.24, 2.45) is 16.6 Å². The van der Waals surface area contributed by atoms with Gasteiger partial charge in [0.2, 0.25) is 12.0 Å². The quantitative estimate of drug-likeness (QED) is 0.256. The average Bonchev–Trinajstić information content (AvgIpc) is 3.74. The first kappa shape index (κ1) is 29.5. The van der Waals surface area contributed by atoms with Crippen LogP contribution in [0.1, 0.15) is 47.2 Å². The summed E-state index contributed by atoms with van der Waals surface area (Å²) >= 11 is 5.91. The number of aromatic nitrogens is 3. The van der Waals surface area contributed by atoms with Gasteiger partial charge in [-0.05, 0) is 67.6 Å². The smallest absolute Gasteiger partial charge is 0.423 e. The Bertz CT molecular complexity index is 2000. The summed E-state index contributed by atoms with van der Waals surface area (Å²) in [7, 11) is 0. The van der Waals surface area contributed by atoms with Crippen LogP contribution in [0.3, 0.4) is 0 Å². The molecule has 3 aliphatic rings. The van der Waals surface area contributed by atoms with Crippen molar-refractivity contribution in [3.63, 3.8) is 0 Å². The third-order valence-corrected chi connectivity index (χ3v) is 8.25. The zero-order chi connectivity index (χ0) is 32.3. The lowest BCUT2D eigenvalue weighted by molar-refractivity contribution is -0.294. The van der Waals surface area contributed by atoms with E-state index in [0.717, 1.165) is 23.9 Å². The molecule has 0 spiro atoms. The van der Waals surface area contributed by atoms with Gasteiger partial charge < -0.3 is 10.5 Å². The van der Waals surface area contributed by atoms with Gasteiger partial charge in [-0.3, -0.25) is 24.5 Å². The Morgan fingerprint density at radius 1 is 1.15 bits per heavy atom. The standard InChI is InChI=1S/C32H23ClF3N7O3/c1-16(22-8-6-20(34)13-39-22)43-15-40-28-26(27(29(37)44)23(41-30(28)43)10-17-2-3-17)18-4-9-24-25(11-18)46-32(35,36)31(45)42(24)14-21-7-5-19(33)12-38-21/h4-9,11-13,15,17H,2-3,10,14H2,1H3,(H-,37,44)/p+1. The Kier molecular flexibility index (Phi) is 7.07. The molecule has 2 aliphatic heterocycles. The van der Waals surface area contributed by atoms with Crippen molar-refractivity contribution in [3.05, 3.63) is 88.3 Å². The summed E-state index contributed by atoms with van der Waals surface area (Å²) in [5, 5.41) is 0.353. The summed E-state index contributed by atoms with van der Waals surface area (Å²) in [4.78, 5) is 44.4. The SMILES string of the molecule is CC(c1ccc(F)cn1)=[N+]1C=Nc2c1nc(CC1CC1)c(C(N)=O)c2-c1ccc2c(c1)OC(F)(F)C(=O)N2Cc1ccc(Cl)cn1. The van der Waals surface area contributed by atoms with Crippen LogP contribution in [0.25, 0.3) is 11.1 Å². The molecule has 4 aromatic rings. The molecule has 1 aromatic carbocycles. The molecular weight excluding hydrogens is 623 g/mol. The second-order valence-corrected chi connectivity index (χ2v) is 11.7. The Balaban J connectivity index is 1.39. The third-order valence-electron chi connectivity index (χ3n) is 8.02. The van der Waals surface area contributed by atoms with Gasteiger partial charge in [-0.15, -0.1) is 9.98 Å². The van der Waals surface area contributed by atoms with Crippen LogP contribution in [-0.2, 0) is 17.8 Å². The number of pyridine rings is 3. The van der Waals surface area contributed by atoms with Crippen LogP contribution in [0.15, 0.2) is 59.9 Å². The van der Waals surface area contributed by atoms with E-state index in [0.29, 0.717) is 51.5 Å². The second-order valence-electron chi connectivity index (χ2n) is 11.2. The highest BCUT2D eigenvalue weighted by Crippen LogP contribution is 2.48. The van der Waals surface area contributed by atoms with E-state index < -0.39 is 23.7 Å². The van der Waals surface area contributed by atoms with Crippen LogP contribution in [-0.4, -0.2) is 49.5 Å². The molecule has 3 aromatic heterocycles. The Morgan fingerprint density at radius 3 is 2.63 bits per heavy atom. The number of aliphatic imine (C=N–C) groups is 1. The van der Waals surface area contributed by atoms with Crippen molar-refractivity contribution in [3.8, 4) is 16.9 Å². The van der Waals surface area contributed by atoms with Gasteiger partial charge >= 0.3 is 17.8 Å². The van der Waals surface area contributed by atoms with E-state index in [4.69, 9.17) is 27.1 Å². The third kappa shape index (κ3) is 5.26. The number of anilines is 1. The molecule has 5 heterocycles. The van der Waals surface area contributed by atoms with E-state index >= 15 is 0 Å². The number of primary amides is 1. The number of halogens is 4. The van der Waals surface area contributed by atoms with Gasteiger partial charge in [0.25, 0.3) is 5.91 Å². The van der Waals surface area contributed by atoms with Gasteiger partial charge in [-0.1, -0.05) is 17.7 Å². The molecular formula is C32H24ClF3N7O3+. The zero-order valence-electron chi connectivity index (χ0n) is 24.2. The minimum atomic E-state index is -4.18. The fourth-order valence-electron chi connectivity index (χ4n) is 5.56. The average molecular weight is 647 g/mol. The van der Waals surface area contributed by atoms with Crippen molar-refractivity contribution in [1.29, 1.82) is 0 Å². The number of amides is 2. The molecule has 1 aliphatic carbocycles. The molecule has 0 bridgehead atoms. The van der Waals surface area contributed by atoms with Gasteiger partial charge in [0, 0.05) is 18.2 Å². The first-order chi connectivity index (χ1) is 22.0. The summed E-state index contributed by atoms with van der Waals surface area (Å²) in [5.74, 6) is -2.42. The molecule has 10 nitrogen and oxygen atoms in total. The van der Waals surface area contributed by atoms with Gasteiger partial charge in [-0.2, -0.15) is 13.4 Å². The highest BCUT2D eigenvalue weighted by atomic mass is 35.5. The Morgan fingerprint density at radius 2 is 1.96 bits per heavy atom. The molecule has 14 heteroatoms. The number of fused-ring (bicyclic) bond motifs is 2. The number of rotatable bonds is 7. The van der Waals surface area contributed by atoms with Gasteiger partial charge in [0.1, 0.15) is 17.2 Å². The van der Waals surface area contributed by atoms with Crippen LogP contribution < -0.4 is 15.4 Å². The van der Waals surface area contributed by atoms with E-state index in [1.165, 1.54) is 42.9 Å². The van der Waals surface area contributed by atoms with Crippen molar-refractivity contribution in [2.45, 2.75) is 38.8 Å². The van der Waals surface area contributed by atoms with Crippen molar-refractivity contribution in [2.75, 3.05) is 4.90 Å². The van der Waals surface area contributed by atoms with E-state index in [1.54, 1.807) is 23.6 Å². The van der Waals surface area contributed by atoms with E-state index in [-0.39, 0.29) is 34.8 Å². The molecule has 2 N–H and O–H groups in total. The number of benzene rings is 1. The van der Waals surface area contributed by atoms with E-state index in [2.05, 4.69) is 15.0 Å². The first-order valence-corrected chi connectivity index (χ1v) is 14.7. The maximum atomic E-state index is 15.0. The van der Waals surface area contributed by atoms with Gasteiger partial charge in [-0.25, -0.2) is 4.39 Å². The summed E-state index contributed by atoms with van der Waals surface area (Å²) in [6.07, 6.45) is 2.17. The Labute approximate surface area is 265 Å². The molecule has 7 rings (SSSR count). The largest absolute Gasteiger partial charge is 0.482 e. The molecule has 1 fully saturated rings. The fraction of sp³-hybridized carbons (Fsp3) is 0.219. The van der Waals surface area contributed by atoms with Gasteiger partial charge in [0.15, 0.2) is 5.75 Å². The number of alkyl halides is 2. The van der Waals surface area contributed by atoms with Crippen LogP contribution in [0.5, 0.6) is 5.75 Å². The summed E-state index contributed by atoms with van der Waals surface area (Å²) < 4.78 is 50.2.